The molecule has 1 aromatic carbocycles. The average Bonchev–Trinajstić information content (AvgIpc) is 2.78. The molecule has 2 nitrogen and oxygen atoms in total. The summed E-state index contributed by atoms with van der Waals surface area (Å²) in [6, 6.07) is 8.68. The van der Waals surface area contributed by atoms with Crippen LogP contribution in [0.25, 0.3) is 0 Å². The maximum absolute atomic E-state index is 13.1. The van der Waals surface area contributed by atoms with Gasteiger partial charge in [0.15, 0.2) is 0 Å². The van der Waals surface area contributed by atoms with Gasteiger partial charge >= 0.3 is 0 Å². The molecule has 0 saturated carbocycles. The van der Waals surface area contributed by atoms with Crippen molar-refractivity contribution < 1.29 is 8.81 Å². The smallest absolute Gasteiger partial charge is 0.123 e. The van der Waals surface area contributed by atoms with Gasteiger partial charge in [0.25, 0.3) is 0 Å². The first kappa shape index (κ1) is 10.9. The molecule has 84 valence electrons. The maximum atomic E-state index is 13.1. The van der Waals surface area contributed by atoms with E-state index in [-0.39, 0.29) is 11.9 Å². The standard InChI is InChI=1S/C13H14FNO/c1-15-13(7-10-5-6-16-9-10)11-3-2-4-12(14)8-11/h2-6,8-9,13,15H,7H2,1H3. The van der Waals surface area contributed by atoms with E-state index in [2.05, 4.69) is 5.32 Å². The van der Waals surface area contributed by atoms with Gasteiger partial charge < -0.3 is 9.73 Å². The summed E-state index contributed by atoms with van der Waals surface area (Å²) in [5.41, 5.74) is 2.05. The summed E-state index contributed by atoms with van der Waals surface area (Å²) in [7, 11) is 1.87. The molecule has 16 heavy (non-hydrogen) atoms. The Bertz CT molecular complexity index is 439. The fraction of sp³-hybridized carbons (Fsp3) is 0.231. The third kappa shape index (κ3) is 2.49. The van der Waals surface area contributed by atoms with Gasteiger partial charge in [-0.15, -0.1) is 0 Å². The Kier molecular flexibility index (Phi) is 3.37. The van der Waals surface area contributed by atoms with Gasteiger partial charge in [0.2, 0.25) is 0 Å². The molecule has 0 aliphatic rings. The Morgan fingerprint density at radius 1 is 1.38 bits per heavy atom. The van der Waals surface area contributed by atoms with Crippen molar-refractivity contribution in [2.45, 2.75) is 12.5 Å². The van der Waals surface area contributed by atoms with Gasteiger partial charge in [-0.1, -0.05) is 12.1 Å². The van der Waals surface area contributed by atoms with Crippen LogP contribution in [0, 0.1) is 5.82 Å². The molecule has 2 rings (SSSR count). The van der Waals surface area contributed by atoms with E-state index in [1.807, 2.05) is 19.2 Å². The lowest BCUT2D eigenvalue weighted by molar-refractivity contribution is 0.549. The Morgan fingerprint density at radius 2 is 2.25 bits per heavy atom. The maximum Gasteiger partial charge on any atom is 0.123 e. The van der Waals surface area contributed by atoms with Crippen LogP contribution >= 0.6 is 0 Å². The molecule has 1 unspecified atom stereocenters. The van der Waals surface area contributed by atoms with Crippen LogP contribution in [0.1, 0.15) is 17.2 Å². The van der Waals surface area contributed by atoms with Crippen molar-refractivity contribution in [3.8, 4) is 0 Å². The molecular formula is C13H14FNO. The highest BCUT2D eigenvalue weighted by atomic mass is 19.1. The quantitative estimate of drug-likeness (QED) is 0.855. The lowest BCUT2D eigenvalue weighted by atomic mass is 10.0. The summed E-state index contributed by atoms with van der Waals surface area (Å²) >= 11 is 0. The summed E-state index contributed by atoms with van der Waals surface area (Å²) in [5.74, 6) is -0.204. The lowest BCUT2D eigenvalue weighted by Crippen LogP contribution is -2.18. The van der Waals surface area contributed by atoms with E-state index >= 15 is 0 Å². The minimum absolute atomic E-state index is 0.105. The fourth-order valence-electron chi connectivity index (χ4n) is 1.75. The SMILES string of the molecule is CNC(Cc1ccoc1)c1cccc(F)c1. The van der Waals surface area contributed by atoms with Crippen molar-refractivity contribution >= 4 is 0 Å². The summed E-state index contributed by atoms with van der Waals surface area (Å²) in [6.45, 7) is 0. The number of rotatable bonds is 4. The highest BCUT2D eigenvalue weighted by molar-refractivity contribution is 5.22. The molecule has 1 atom stereocenters. The molecule has 1 aromatic heterocycles. The molecule has 0 spiro atoms. The van der Waals surface area contributed by atoms with Crippen molar-refractivity contribution in [2.75, 3.05) is 7.05 Å². The van der Waals surface area contributed by atoms with Crippen LogP contribution in [-0.2, 0) is 6.42 Å². The van der Waals surface area contributed by atoms with Crippen LogP contribution < -0.4 is 5.32 Å². The number of hydrogen-bond acceptors (Lipinski definition) is 2. The van der Waals surface area contributed by atoms with E-state index in [1.165, 1.54) is 6.07 Å². The number of furan rings is 1. The van der Waals surface area contributed by atoms with Crippen molar-refractivity contribution in [1.82, 2.24) is 5.32 Å². The fourth-order valence-corrected chi connectivity index (χ4v) is 1.75. The number of hydrogen-bond donors (Lipinski definition) is 1. The van der Waals surface area contributed by atoms with Gasteiger partial charge in [0.05, 0.1) is 12.5 Å². The van der Waals surface area contributed by atoms with E-state index in [4.69, 9.17) is 4.42 Å². The minimum atomic E-state index is -0.204. The number of halogens is 1. The van der Waals surface area contributed by atoms with E-state index in [1.54, 1.807) is 24.7 Å². The van der Waals surface area contributed by atoms with Gasteiger partial charge in [-0.25, -0.2) is 4.39 Å². The molecule has 2 aromatic rings. The molecule has 0 aliphatic carbocycles. The molecule has 1 N–H and O–H groups in total. The normalized spacial score (nSPS) is 12.6. The van der Waals surface area contributed by atoms with Crippen molar-refractivity contribution in [1.29, 1.82) is 0 Å². The van der Waals surface area contributed by atoms with Gasteiger partial charge in [-0.2, -0.15) is 0 Å². The van der Waals surface area contributed by atoms with Gasteiger partial charge in [-0.05, 0) is 42.8 Å². The van der Waals surface area contributed by atoms with E-state index in [9.17, 15) is 4.39 Å². The van der Waals surface area contributed by atoms with Gasteiger partial charge in [0, 0.05) is 6.04 Å². The molecule has 3 heteroatoms. The molecule has 0 radical (unpaired) electrons. The molecule has 0 fully saturated rings. The first-order chi connectivity index (χ1) is 7.79. The number of likely N-dealkylation sites (N-methyl/N-ethyl adjacent to an activating group) is 1. The first-order valence-corrected chi connectivity index (χ1v) is 5.23. The van der Waals surface area contributed by atoms with Crippen molar-refractivity contribution in [2.24, 2.45) is 0 Å². The van der Waals surface area contributed by atoms with Crippen LogP contribution in [0.2, 0.25) is 0 Å². The topological polar surface area (TPSA) is 25.2 Å². The predicted octanol–water partition coefficient (Wildman–Crippen LogP) is 2.92. The second-order valence-corrected chi connectivity index (χ2v) is 3.73. The zero-order valence-electron chi connectivity index (χ0n) is 9.11. The molecule has 1 heterocycles. The van der Waals surface area contributed by atoms with E-state index < -0.39 is 0 Å². The van der Waals surface area contributed by atoms with Crippen molar-refractivity contribution in [3.05, 3.63) is 59.8 Å². The highest BCUT2D eigenvalue weighted by Crippen LogP contribution is 2.19. The number of nitrogens with one attached hydrogen (secondary N) is 1. The minimum Gasteiger partial charge on any atom is -0.472 e. The molecular weight excluding hydrogens is 205 g/mol. The van der Waals surface area contributed by atoms with Crippen LogP contribution in [0.15, 0.2) is 47.3 Å². The first-order valence-electron chi connectivity index (χ1n) is 5.23. The Balaban J connectivity index is 2.16. The molecule has 0 amide bonds. The van der Waals surface area contributed by atoms with Crippen molar-refractivity contribution in [3.63, 3.8) is 0 Å². The van der Waals surface area contributed by atoms with Gasteiger partial charge in [-0.3, -0.25) is 0 Å². The third-order valence-corrected chi connectivity index (χ3v) is 2.62. The molecule has 0 aliphatic heterocycles. The zero-order chi connectivity index (χ0) is 11.4. The molecule has 0 saturated heterocycles. The second kappa shape index (κ2) is 4.94. The Labute approximate surface area is 94.1 Å². The zero-order valence-corrected chi connectivity index (χ0v) is 9.11. The number of benzene rings is 1. The Morgan fingerprint density at radius 3 is 2.88 bits per heavy atom. The summed E-state index contributed by atoms with van der Waals surface area (Å²) < 4.78 is 18.1. The average molecular weight is 219 g/mol. The predicted molar refractivity (Wildman–Crippen MR) is 60.6 cm³/mol. The molecule has 0 bridgehead atoms. The monoisotopic (exact) mass is 219 g/mol. The summed E-state index contributed by atoms with van der Waals surface area (Å²) in [5, 5.41) is 3.18. The third-order valence-electron chi connectivity index (χ3n) is 2.62. The summed E-state index contributed by atoms with van der Waals surface area (Å²) in [4.78, 5) is 0. The summed E-state index contributed by atoms with van der Waals surface area (Å²) in [6.07, 6.45) is 4.15. The van der Waals surface area contributed by atoms with E-state index in [0.29, 0.717) is 0 Å². The van der Waals surface area contributed by atoms with E-state index in [0.717, 1.165) is 17.5 Å². The lowest BCUT2D eigenvalue weighted by Gasteiger charge is -2.15. The van der Waals surface area contributed by atoms with Gasteiger partial charge in [0.1, 0.15) is 5.82 Å². The largest absolute Gasteiger partial charge is 0.472 e. The van der Waals surface area contributed by atoms with Crippen LogP contribution in [0.5, 0.6) is 0 Å². The van der Waals surface area contributed by atoms with Crippen LogP contribution in [0.4, 0.5) is 4.39 Å². The van der Waals surface area contributed by atoms with Crippen LogP contribution in [0.3, 0.4) is 0 Å². The van der Waals surface area contributed by atoms with Crippen LogP contribution in [-0.4, -0.2) is 7.05 Å². The highest BCUT2D eigenvalue weighted by Gasteiger charge is 2.11. The Hall–Kier alpha value is -1.61. The second-order valence-electron chi connectivity index (χ2n) is 3.73.